The Morgan fingerprint density at radius 1 is 0.404 bits per heavy atom. The van der Waals surface area contributed by atoms with Gasteiger partial charge in [-0.05, 0) is 127 Å². The third-order valence-electron chi connectivity index (χ3n) is 8.39. The van der Waals surface area contributed by atoms with E-state index in [9.17, 15) is 0 Å². The fourth-order valence-corrected chi connectivity index (χ4v) is 18.4. The molecule has 0 saturated carbocycles. The van der Waals surface area contributed by atoms with Gasteiger partial charge < -0.3 is 0 Å². The summed E-state index contributed by atoms with van der Waals surface area (Å²) in [5, 5.41) is 6.56. The average molecular weight is 701 g/mol. The molecule has 0 radical (unpaired) electrons. The summed E-state index contributed by atoms with van der Waals surface area (Å²) in [7, 11) is 1.18. The minimum absolute atomic E-state index is 0.282. The lowest BCUT2D eigenvalue weighted by Gasteiger charge is -2.26. The second kappa shape index (κ2) is 19.7. The van der Waals surface area contributed by atoms with Gasteiger partial charge >= 0.3 is 0 Å². The molecule has 47 heavy (non-hydrogen) atoms. The van der Waals surface area contributed by atoms with Crippen LogP contribution >= 0.6 is 31.8 Å². The molecule has 4 atom stereocenters. The van der Waals surface area contributed by atoms with E-state index in [0.29, 0.717) is 23.7 Å². The van der Waals surface area contributed by atoms with E-state index in [0.717, 1.165) is 16.5 Å². The van der Waals surface area contributed by atoms with E-state index in [-0.39, 0.29) is 15.2 Å². The van der Waals surface area contributed by atoms with E-state index in [1.54, 1.807) is 43.5 Å². The van der Waals surface area contributed by atoms with Gasteiger partial charge in [0.1, 0.15) is 0 Å². The van der Waals surface area contributed by atoms with Gasteiger partial charge in [-0.15, -0.1) is 0 Å². The zero-order valence-corrected chi connectivity index (χ0v) is 34.2. The molecule has 0 nitrogen and oxygen atoms in total. The minimum atomic E-state index is -0.282. The van der Waals surface area contributed by atoms with Crippen LogP contribution in [0.1, 0.15) is 84.1 Å². The predicted octanol–water partition coefficient (Wildman–Crippen LogP) is 11.6. The highest BCUT2D eigenvalue weighted by molar-refractivity contribution is 8.28. The number of benzene rings is 4. The number of rotatable bonds is 18. The summed E-state index contributed by atoms with van der Waals surface area (Å²) in [4.78, 5) is 0. The van der Waals surface area contributed by atoms with Crippen molar-refractivity contribution in [2.24, 2.45) is 23.7 Å². The van der Waals surface area contributed by atoms with Crippen LogP contribution in [0.15, 0.2) is 97.1 Å². The van der Waals surface area contributed by atoms with Crippen molar-refractivity contribution in [3.05, 3.63) is 119 Å². The third kappa shape index (κ3) is 12.5. The molecule has 4 rings (SSSR count). The Hall–Kier alpha value is -1.40. The van der Waals surface area contributed by atoms with Gasteiger partial charge in [-0.1, -0.05) is 169 Å². The van der Waals surface area contributed by atoms with E-state index in [4.69, 9.17) is 0 Å². The molecular formula is C43H60P4. The molecule has 4 unspecified atom stereocenters. The van der Waals surface area contributed by atoms with Gasteiger partial charge in [-0.25, -0.2) is 0 Å². The molecule has 252 valence electrons. The lowest BCUT2D eigenvalue weighted by Crippen LogP contribution is -2.15. The van der Waals surface area contributed by atoms with Crippen LogP contribution in [0.3, 0.4) is 0 Å². The summed E-state index contributed by atoms with van der Waals surface area (Å²) in [5.74, 6) is 2.69. The van der Waals surface area contributed by atoms with Crippen molar-refractivity contribution in [3.8, 4) is 0 Å². The van der Waals surface area contributed by atoms with Crippen molar-refractivity contribution in [1.29, 1.82) is 0 Å². The normalized spacial score (nSPS) is 13.7. The second-order valence-corrected chi connectivity index (χ2v) is 24.5. The van der Waals surface area contributed by atoms with Gasteiger partial charge in [-0.2, -0.15) is 0 Å². The molecule has 0 bridgehead atoms. The van der Waals surface area contributed by atoms with E-state index in [2.05, 4.69) is 152 Å². The van der Waals surface area contributed by atoms with E-state index in [1.807, 2.05) is 0 Å². The molecule has 0 aromatic heterocycles. The van der Waals surface area contributed by atoms with Crippen molar-refractivity contribution >= 4 is 53.0 Å². The SMILES string of the molecule is CC(C)Cc1ccccc1PP(CCCP(Pc1ccccc1CC(C)C)c1ccccc1CC(C)C)c1ccccc1CC(C)C. The first-order valence-electron chi connectivity index (χ1n) is 18.0. The summed E-state index contributed by atoms with van der Waals surface area (Å²) in [5.41, 5.74) is 6.33. The van der Waals surface area contributed by atoms with E-state index in [1.165, 1.54) is 44.4 Å². The zero-order chi connectivity index (χ0) is 33.8. The average Bonchev–Trinajstić information content (AvgIpc) is 3.01. The highest BCUT2D eigenvalue weighted by Crippen LogP contribution is 2.59. The monoisotopic (exact) mass is 700 g/mol. The largest absolute Gasteiger partial charge is 0.0625 e. The predicted molar refractivity (Wildman–Crippen MR) is 223 cm³/mol. The topological polar surface area (TPSA) is 0 Å². The fraction of sp³-hybridized carbons (Fsp3) is 0.442. The highest BCUT2D eigenvalue weighted by Gasteiger charge is 2.22. The fourth-order valence-electron chi connectivity index (χ4n) is 6.42. The Labute approximate surface area is 294 Å². The van der Waals surface area contributed by atoms with Crippen LogP contribution in [0.25, 0.3) is 0 Å². The molecule has 0 amide bonds. The van der Waals surface area contributed by atoms with Gasteiger partial charge in [0.25, 0.3) is 0 Å². The van der Waals surface area contributed by atoms with Crippen LogP contribution in [-0.2, 0) is 25.7 Å². The van der Waals surface area contributed by atoms with Gasteiger partial charge in [0.2, 0.25) is 0 Å². The summed E-state index contributed by atoms with van der Waals surface area (Å²) in [6, 6.07) is 37.7. The molecular weight excluding hydrogens is 640 g/mol. The second-order valence-electron chi connectivity index (χ2n) is 14.8. The maximum absolute atomic E-state index is 2.49. The Kier molecular flexibility index (Phi) is 16.1. The van der Waals surface area contributed by atoms with Crippen LogP contribution in [0, 0.1) is 23.7 Å². The summed E-state index contributed by atoms with van der Waals surface area (Å²) in [6.45, 7) is 18.9. The van der Waals surface area contributed by atoms with Crippen molar-refractivity contribution in [2.45, 2.75) is 87.5 Å². The molecule has 0 saturated heterocycles. The summed E-state index contributed by atoms with van der Waals surface area (Å²) >= 11 is 0. The Morgan fingerprint density at radius 3 is 1.06 bits per heavy atom. The van der Waals surface area contributed by atoms with Crippen molar-refractivity contribution in [3.63, 3.8) is 0 Å². The summed E-state index contributed by atoms with van der Waals surface area (Å²) in [6.07, 6.45) is 8.66. The van der Waals surface area contributed by atoms with Crippen molar-refractivity contribution in [2.75, 3.05) is 12.3 Å². The van der Waals surface area contributed by atoms with Crippen LogP contribution in [-0.4, -0.2) is 12.3 Å². The van der Waals surface area contributed by atoms with Crippen molar-refractivity contribution in [1.82, 2.24) is 0 Å². The molecule has 4 heteroatoms. The number of hydrogen-bond donors (Lipinski definition) is 0. The van der Waals surface area contributed by atoms with Gasteiger partial charge in [0.15, 0.2) is 0 Å². The molecule has 4 aromatic carbocycles. The molecule has 4 aromatic rings. The molecule has 0 aliphatic rings. The third-order valence-corrected chi connectivity index (χ3v) is 19.8. The maximum atomic E-state index is 2.49. The van der Waals surface area contributed by atoms with Crippen molar-refractivity contribution < 1.29 is 0 Å². The molecule has 0 spiro atoms. The molecule has 0 N–H and O–H groups in total. The highest BCUT2D eigenvalue weighted by atomic mass is 32.1. The van der Waals surface area contributed by atoms with Gasteiger partial charge in [0, 0.05) is 0 Å². The lowest BCUT2D eigenvalue weighted by molar-refractivity contribution is 0.649. The first kappa shape index (κ1) is 38.4. The zero-order valence-electron chi connectivity index (χ0n) is 30.4. The van der Waals surface area contributed by atoms with E-state index < -0.39 is 0 Å². The number of hydrogen-bond acceptors (Lipinski definition) is 0. The summed E-state index contributed by atoms with van der Waals surface area (Å²) < 4.78 is 0. The quantitative estimate of drug-likeness (QED) is 0.0907. The van der Waals surface area contributed by atoms with Crippen LogP contribution in [0.4, 0.5) is 0 Å². The first-order valence-corrected chi connectivity index (χ1v) is 24.7. The smallest absolute Gasteiger partial charge is 0.0164 e. The van der Waals surface area contributed by atoms with Gasteiger partial charge in [0.05, 0.1) is 0 Å². The van der Waals surface area contributed by atoms with Crippen LogP contribution < -0.4 is 21.2 Å². The first-order chi connectivity index (χ1) is 22.6. The molecule has 0 fully saturated rings. The lowest BCUT2D eigenvalue weighted by atomic mass is 10.0. The standard InChI is InChI=1S/C43H60P4/c1-32(2)28-36-18-9-13-22-40(36)44-46(42-24-15-11-20-38(42)30-34(5)6)26-17-27-47(43-25-16-12-21-39(43)31-35(7)8)45-41-23-14-10-19-37(41)29-33(3)4/h9-16,18-25,32-35,44-45H,17,26-31H2,1-8H3. The maximum Gasteiger partial charge on any atom is -0.0164 e. The molecule has 0 heterocycles. The Morgan fingerprint density at radius 2 is 0.702 bits per heavy atom. The Bertz CT molecular complexity index is 1390. The molecule has 0 aliphatic carbocycles. The Balaban J connectivity index is 1.67. The van der Waals surface area contributed by atoms with E-state index >= 15 is 0 Å². The van der Waals surface area contributed by atoms with Crippen LogP contribution in [0.5, 0.6) is 0 Å². The van der Waals surface area contributed by atoms with Crippen LogP contribution in [0.2, 0.25) is 0 Å². The minimum Gasteiger partial charge on any atom is -0.0625 e. The molecule has 0 aliphatic heterocycles. The van der Waals surface area contributed by atoms with Gasteiger partial charge in [-0.3, -0.25) is 0 Å².